The summed E-state index contributed by atoms with van der Waals surface area (Å²) in [6.07, 6.45) is 0.580. The van der Waals surface area contributed by atoms with Crippen molar-refractivity contribution in [3.05, 3.63) is 28.8 Å². The summed E-state index contributed by atoms with van der Waals surface area (Å²) in [6, 6.07) is 5.41. The van der Waals surface area contributed by atoms with Gasteiger partial charge in [0.15, 0.2) is 0 Å². The van der Waals surface area contributed by atoms with Crippen molar-refractivity contribution in [3.8, 4) is 16.8 Å². The zero-order valence-electron chi connectivity index (χ0n) is 12.6. The van der Waals surface area contributed by atoms with Gasteiger partial charge in [0, 0.05) is 30.0 Å². The summed E-state index contributed by atoms with van der Waals surface area (Å²) in [7, 11) is 0. The quantitative estimate of drug-likeness (QED) is 0.905. The summed E-state index contributed by atoms with van der Waals surface area (Å²) < 4.78 is 26.5. The highest BCUT2D eigenvalue weighted by atomic mass is 32.1. The van der Waals surface area contributed by atoms with Crippen molar-refractivity contribution in [2.75, 3.05) is 5.32 Å². The molecule has 0 radical (unpaired) electrons. The molecule has 120 valence electrons. The third-order valence-corrected chi connectivity index (χ3v) is 4.84. The van der Waals surface area contributed by atoms with Gasteiger partial charge in [0.1, 0.15) is 16.5 Å². The van der Waals surface area contributed by atoms with Gasteiger partial charge in [-0.25, -0.2) is 18.7 Å². The maximum Gasteiger partial charge on any atom is 0.248 e. The first-order valence-electron chi connectivity index (χ1n) is 7.44. The second-order valence-electron chi connectivity index (χ2n) is 5.81. The normalized spacial score (nSPS) is 17.7. The van der Waals surface area contributed by atoms with Gasteiger partial charge in [-0.2, -0.15) is 5.26 Å². The Hall–Kier alpha value is -2.07. The highest BCUT2D eigenvalue weighted by molar-refractivity contribution is 7.13. The van der Waals surface area contributed by atoms with Crippen LogP contribution in [-0.4, -0.2) is 21.9 Å². The monoisotopic (exact) mass is 334 g/mol. The van der Waals surface area contributed by atoms with Gasteiger partial charge in [-0.3, -0.25) is 0 Å². The number of nitriles is 1. The number of anilines is 1. The van der Waals surface area contributed by atoms with Gasteiger partial charge in [-0.05, 0) is 31.9 Å². The Kier molecular flexibility index (Phi) is 4.26. The SMILES string of the molecule is Cc1csc(-c2cc(C#N)cc(NC3CCC(F)(F)CC3)n2)n1. The van der Waals surface area contributed by atoms with Crippen LogP contribution in [0.2, 0.25) is 0 Å². The lowest BCUT2D eigenvalue weighted by atomic mass is 9.92. The van der Waals surface area contributed by atoms with Gasteiger partial charge in [-0.15, -0.1) is 11.3 Å². The molecule has 1 N–H and O–H groups in total. The number of alkyl halides is 2. The highest BCUT2D eigenvalue weighted by Crippen LogP contribution is 2.34. The Labute approximate surface area is 137 Å². The minimum atomic E-state index is -2.55. The number of nitrogens with one attached hydrogen (secondary N) is 1. The maximum atomic E-state index is 13.2. The standard InChI is InChI=1S/C16H16F2N4S/c1-10-9-23-15(20-10)13-6-11(8-19)7-14(22-13)21-12-2-4-16(17,18)5-3-12/h6-7,9,12H,2-5H2,1H3,(H,21,22). The van der Waals surface area contributed by atoms with Crippen LogP contribution in [0.25, 0.3) is 10.7 Å². The Morgan fingerprint density at radius 3 is 2.65 bits per heavy atom. The molecule has 1 aliphatic rings. The van der Waals surface area contributed by atoms with Crippen LogP contribution in [-0.2, 0) is 0 Å². The highest BCUT2D eigenvalue weighted by Gasteiger charge is 2.34. The maximum absolute atomic E-state index is 13.2. The predicted molar refractivity (Wildman–Crippen MR) is 85.6 cm³/mol. The van der Waals surface area contributed by atoms with E-state index >= 15 is 0 Å². The lowest BCUT2D eigenvalue weighted by Gasteiger charge is -2.29. The Bertz CT molecular complexity index is 741. The zero-order valence-corrected chi connectivity index (χ0v) is 13.5. The molecular weight excluding hydrogens is 318 g/mol. The third kappa shape index (κ3) is 3.82. The second kappa shape index (κ2) is 6.20. The van der Waals surface area contributed by atoms with Gasteiger partial charge in [-0.1, -0.05) is 0 Å². The van der Waals surface area contributed by atoms with Gasteiger partial charge >= 0.3 is 0 Å². The van der Waals surface area contributed by atoms with E-state index in [4.69, 9.17) is 0 Å². The molecule has 2 heterocycles. The van der Waals surface area contributed by atoms with Crippen LogP contribution in [0, 0.1) is 18.3 Å². The smallest absolute Gasteiger partial charge is 0.248 e. The summed E-state index contributed by atoms with van der Waals surface area (Å²) in [4.78, 5) is 8.88. The predicted octanol–water partition coefficient (Wildman–Crippen LogP) is 4.38. The number of aryl methyl sites for hydroxylation is 1. The number of pyridine rings is 1. The van der Waals surface area contributed by atoms with Gasteiger partial charge in [0.25, 0.3) is 0 Å². The molecular formula is C16H16F2N4S. The van der Waals surface area contributed by atoms with E-state index < -0.39 is 5.92 Å². The molecule has 0 amide bonds. The molecule has 2 aromatic heterocycles. The summed E-state index contributed by atoms with van der Waals surface area (Å²) in [5.41, 5.74) is 2.01. The van der Waals surface area contributed by atoms with Crippen molar-refractivity contribution in [1.29, 1.82) is 5.26 Å². The molecule has 1 aliphatic carbocycles. The largest absolute Gasteiger partial charge is 0.367 e. The van der Waals surface area contributed by atoms with Crippen LogP contribution in [0.4, 0.5) is 14.6 Å². The molecule has 2 aromatic rings. The van der Waals surface area contributed by atoms with E-state index in [-0.39, 0.29) is 18.9 Å². The molecule has 1 fully saturated rings. The molecule has 23 heavy (non-hydrogen) atoms. The summed E-state index contributed by atoms with van der Waals surface area (Å²) in [5.74, 6) is -2.01. The van der Waals surface area contributed by atoms with Crippen molar-refractivity contribution in [2.24, 2.45) is 0 Å². The summed E-state index contributed by atoms with van der Waals surface area (Å²) >= 11 is 1.47. The van der Waals surface area contributed by atoms with Crippen molar-refractivity contribution in [2.45, 2.75) is 44.6 Å². The van der Waals surface area contributed by atoms with E-state index in [0.717, 1.165) is 10.7 Å². The van der Waals surface area contributed by atoms with Crippen molar-refractivity contribution < 1.29 is 8.78 Å². The van der Waals surface area contributed by atoms with Gasteiger partial charge in [0.05, 0.1) is 11.6 Å². The molecule has 0 bridgehead atoms. The van der Waals surface area contributed by atoms with E-state index in [0.29, 0.717) is 29.9 Å². The van der Waals surface area contributed by atoms with Crippen molar-refractivity contribution in [1.82, 2.24) is 9.97 Å². The molecule has 0 atom stereocenters. The number of aromatic nitrogens is 2. The van der Waals surface area contributed by atoms with Crippen molar-refractivity contribution >= 4 is 17.2 Å². The van der Waals surface area contributed by atoms with Gasteiger partial charge < -0.3 is 5.32 Å². The van der Waals surface area contributed by atoms with Crippen LogP contribution in [0.1, 0.15) is 36.9 Å². The van der Waals surface area contributed by atoms with E-state index in [2.05, 4.69) is 21.4 Å². The number of nitrogens with zero attached hydrogens (tertiary/aromatic N) is 3. The minimum Gasteiger partial charge on any atom is -0.367 e. The Morgan fingerprint density at radius 2 is 2.04 bits per heavy atom. The van der Waals surface area contributed by atoms with E-state index in [1.165, 1.54) is 11.3 Å². The van der Waals surface area contributed by atoms with E-state index in [9.17, 15) is 14.0 Å². The van der Waals surface area contributed by atoms with E-state index in [1.807, 2.05) is 12.3 Å². The number of halogens is 2. The minimum absolute atomic E-state index is 0.0399. The first kappa shape index (κ1) is 15.8. The number of thiazole rings is 1. The number of rotatable bonds is 3. The Morgan fingerprint density at radius 1 is 1.30 bits per heavy atom. The van der Waals surface area contributed by atoms with Crippen LogP contribution >= 0.6 is 11.3 Å². The Balaban J connectivity index is 1.81. The molecule has 0 spiro atoms. The summed E-state index contributed by atoms with van der Waals surface area (Å²) in [6.45, 7) is 1.90. The fourth-order valence-corrected chi connectivity index (χ4v) is 3.40. The van der Waals surface area contributed by atoms with Crippen molar-refractivity contribution in [3.63, 3.8) is 0 Å². The average molecular weight is 334 g/mol. The fraction of sp³-hybridized carbons (Fsp3) is 0.438. The number of hydrogen-bond donors (Lipinski definition) is 1. The molecule has 0 aliphatic heterocycles. The molecule has 4 nitrogen and oxygen atoms in total. The molecule has 0 unspecified atom stereocenters. The first-order valence-corrected chi connectivity index (χ1v) is 8.32. The summed E-state index contributed by atoms with van der Waals surface area (Å²) in [5, 5.41) is 15.1. The van der Waals surface area contributed by atoms with Crippen LogP contribution < -0.4 is 5.32 Å². The second-order valence-corrected chi connectivity index (χ2v) is 6.66. The molecule has 1 saturated carbocycles. The first-order chi connectivity index (χ1) is 10.9. The molecule has 7 heteroatoms. The zero-order chi connectivity index (χ0) is 16.4. The molecule has 0 aromatic carbocycles. The lowest BCUT2D eigenvalue weighted by molar-refractivity contribution is -0.0361. The fourth-order valence-electron chi connectivity index (χ4n) is 2.64. The number of hydrogen-bond acceptors (Lipinski definition) is 5. The van der Waals surface area contributed by atoms with E-state index in [1.54, 1.807) is 12.1 Å². The van der Waals surface area contributed by atoms with Crippen LogP contribution in [0.15, 0.2) is 17.5 Å². The topological polar surface area (TPSA) is 61.6 Å². The van der Waals surface area contributed by atoms with Crippen LogP contribution in [0.5, 0.6) is 0 Å². The molecule has 0 saturated heterocycles. The molecule has 3 rings (SSSR count). The van der Waals surface area contributed by atoms with Crippen LogP contribution in [0.3, 0.4) is 0 Å². The van der Waals surface area contributed by atoms with Gasteiger partial charge in [0.2, 0.25) is 5.92 Å². The third-order valence-electron chi connectivity index (χ3n) is 3.86. The lowest BCUT2D eigenvalue weighted by Crippen LogP contribution is -2.32. The average Bonchev–Trinajstić information content (AvgIpc) is 2.96.